The van der Waals surface area contributed by atoms with Crippen molar-refractivity contribution in [3.8, 4) is 0 Å². The average molecular weight is 316 g/mol. The van der Waals surface area contributed by atoms with E-state index in [0.717, 1.165) is 4.90 Å². The molecule has 4 nitrogen and oxygen atoms in total. The summed E-state index contributed by atoms with van der Waals surface area (Å²) in [5.74, 6) is 0.482. The highest BCUT2D eigenvalue weighted by Gasteiger charge is 2.21. The van der Waals surface area contributed by atoms with Crippen LogP contribution in [0.4, 0.5) is 0 Å². The second-order valence-electron chi connectivity index (χ2n) is 4.71. The first-order valence-electron chi connectivity index (χ1n) is 6.54. The van der Waals surface area contributed by atoms with Gasteiger partial charge in [0.05, 0.1) is 19.0 Å². The summed E-state index contributed by atoms with van der Waals surface area (Å²) >= 11 is 7.32. The number of carbonyl (C=O) groups excluding carboxylic acids is 1. The van der Waals surface area contributed by atoms with Gasteiger partial charge < -0.3 is 14.7 Å². The van der Waals surface area contributed by atoms with E-state index in [9.17, 15) is 9.90 Å². The molecule has 1 aromatic rings. The first kappa shape index (κ1) is 15.6. The lowest BCUT2D eigenvalue weighted by Gasteiger charge is -2.22. The molecule has 0 bridgehead atoms. The zero-order valence-corrected chi connectivity index (χ0v) is 12.7. The van der Waals surface area contributed by atoms with Crippen LogP contribution in [0.15, 0.2) is 29.2 Å². The number of carbonyl (C=O) groups is 1. The average Bonchev–Trinajstić information content (AvgIpc) is 2.72. The molecule has 0 aliphatic carbocycles. The number of hydrogen-bond donors (Lipinski definition) is 1. The number of aliphatic hydroxyl groups is 1. The minimum absolute atomic E-state index is 0.0157. The number of amides is 1. The Balaban J connectivity index is 1.85. The molecule has 0 radical (unpaired) electrons. The van der Waals surface area contributed by atoms with Crippen molar-refractivity contribution < 1.29 is 14.6 Å². The molecule has 1 fully saturated rings. The fraction of sp³-hybridized carbons (Fsp3) is 0.500. The van der Waals surface area contributed by atoms with Gasteiger partial charge in [-0.05, 0) is 24.3 Å². The van der Waals surface area contributed by atoms with E-state index < -0.39 is 0 Å². The highest BCUT2D eigenvalue weighted by Crippen LogP contribution is 2.21. The number of ether oxygens (including phenoxy) is 1. The largest absolute Gasteiger partial charge is 0.396 e. The molecule has 1 heterocycles. The summed E-state index contributed by atoms with van der Waals surface area (Å²) in [6.45, 7) is 2.26. The van der Waals surface area contributed by atoms with E-state index in [1.165, 1.54) is 11.8 Å². The van der Waals surface area contributed by atoms with E-state index in [0.29, 0.717) is 37.1 Å². The minimum Gasteiger partial charge on any atom is -0.396 e. The standard InChI is InChI=1S/C14H18ClNO3S/c15-12-1-3-13(4-2-12)20-10-14(18)16-5-6-19-9-11(7-16)8-17/h1-4,11,17H,5-10H2/t11-/m1/s1. The molecule has 1 N–H and O–H groups in total. The molecule has 1 saturated heterocycles. The van der Waals surface area contributed by atoms with Gasteiger partial charge in [-0.2, -0.15) is 0 Å². The fourth-order valence-electron chi connectivity index (χ4n) is 1.98. The van der Waals surface area contributed by atoms with Gasteiger partial charge in [-0.3, -0.25) is 4.79 Å². The molecule has 6 heteroatoms. The second-order valence-corrected chi connectivity index (χ2v) is 6.19. The Kier molecular flexibility index (Phi) is 6.16. The zero-order chi connectivity index (χ0) is 14.4. The number of rotatable bonds is 4. The van der Waals surface area contributed by atoms with Gasteiger partial charge in [-0.25, -0.2) is 0 Å². The Labute approximate surface area is 128 Å². The van der Waals surface area contributed by atoms with Gasteiger partial charge in [0.1, 0.15) is 0 Å². The summed E-state index contributed by atoms with van der Waals surface area (Å²) in [5, 5.41) is 9.90. The molecule has 1 aromatic carbocycles. The number of halogens is 1. The first-order chi connectivity index (χ1) is 9.69. The van der Waals surface area contributed by atoms with Crippen molar-refractivity contribution in [2.24, 2.45) is 5.92 Å². The summed E-state index contributed by atoms with van der Waals surface area (Å²) in [6, 6.07) is 7.44. The molecule has 1 atom stereocenters. The van der Waals surface area contributed by atoms with E-state index >= 15 is 0 Å². The maximum atomic E-state index is 12.2. The molecular formula is C14H18ClNO3S. The molecule has 0 spiro atoms. The normalized spacial score (nSPS) is 19.7. The first-order valence-corrected chi connectivity index (χ1v) is 7.90. The van der Waals surface area contributed by atoms with Crippen molar-refractivity contribution in [2.45, 2.75) is 4.90 Å². The van der Waals surface area contributed by atoms with E-state index in [4.69, 9.17) is 16.3 Å². The Bertz CT molecular complexity index is 441. The lowest BCUT2D eigenvalue weighted by molar-refractivity contribution is -0.128. The molecule has 1 amide bonds. The predicted octanol–water partition coefficient (Wildman–Crippen LogP) is 1.90. The highest BCUT2D eigenvalue weighted by atomic mass is 35.5. The van der Waals surface area contributed by atoms with Gasteiger partial charge in [0.25, 0.3) is 0 Å². The van der Waals surface area contributed by atoms with Crippen LogP contribution in [0.2, 0.25) is 5.02 Å². The van der Waals surface area contributed by atoms with Crippen molar-refractivity contribution >= 4 is 29.3 Å². The molecule has 0 unspecified atom stereocenters. The lowest BCUT2D eigenvalue weighted by Crippen LogP contribution is -2.37. The molecule has 20 heavy (non-hydrogen) atoms. The Morgan fingerprint density at radius 3 is 2.90 bits per heavy atom. The van der Waals surface area contributed by atoms with Crippen molar-refractivity contribution in [3.05, 3.63) is 29.3 Å². The summed E-state index contributed by atoms with van der Waals surface area (Å²) in [7, 11) is 0. The van der Waals surface area contributed by atoms with Gasteiger partial charge in [0, 0.05) is 35.5 Å². The molecule has 0 aromatic heterocycles. The van der Waals surface area contributed by atoms with Crippen LogP contribution in [0.25, 0.3) is 0 Å². The number of hydrogen-bond acceptors (Lipinski definition) is 4. The Hall–Kier alpha value is -0.750. The Morgan fingerprint density at radius 2 is 2.20 bits per heavy atom. The van der Waals surface area contributed by atoms with Crippen LogP contribution < -0.4 is 0 Å². The highest BCUT2D eigenvalue weighted by molar-refractivity contribution is 8.00. The van der Waals surface area contributed by atoms with Crippen molar-refractivity contribution in [1.29, 1.82) is 0 Å². The third-order valence-corrected chi connectivity index (χ3v) is 4.37. The summed E-state index contributed by atoms with van der Waals surface area (Å²) in [6.07, 6.45) is 0. The van der Waals surface area contributed by atoms with Crippen molar-refractivity contribution in [3.63, 3.8) is 0 Å². The third-order valence-electron chi connectivity index (χ3n) is 3.12. The number of benzene rings is 1. The van der Waals surface area contributed by atoms with Crippen LogP contribution in [0.3, 0.4) is 0 Å². The number of thioether (sulfide) groups is 1. The number of nitrogens with zero attached hydrogens (tertiary/aromatic N) is 1. The molecule has 110 valence electrons. The minimum atomic E-state index is 0.0157. The monoisotopic (exact) mass is 315 g/mol. The van der Waals surface area contributed by atoms with E-state index in [1.54, 1.807) is 4.90 Å². The quantitative estimate of drug-likeness (QED) is 0.862. The van der Waals surface area contributed by atoms with Crippen LogP contribution in [0, 0.1) is 5.92 Å². The van der Waals surface area contributed by atoms with Crippen LogP contribution in [-0.4, -0.2) is 54.6 Å². The zero-order valence-electron chi connectivity index (χ0n) is 11.1. The van der Waals surface area contributed by atoms with E-state index in [2.05, 4.69) is 0 Å². The van der Waals surface area contributed by atoms with Crippen LogP contribution in [-0.2, 0) is 9.53 Å². The van der Waals surface area contributed by atoms with Gasteiger partial charge in [0.2, 0.25) is 5.91 Å². The molecular weight excluding hydrogens is 298 g/mol. The summed E-state index contributed by atoms with van der Waals surface area (Å²) in [4.78, 5) is 15.0. The fourth-order valence-corrected chi connectivity index (χ4v) is 2.91. The SMILES string of the molecule is O=C(CSc1ccc(Cl)cc1)N1CCOC[C@@H](CO)C1. The molecule has 0 saturated carbocycles. The Morgan fingerprint density at radius 1 is 1.45 bits per heavy atom. The van der Waals surface area contributed by atoms with E-state index in [-0.39, 0.29) is 18.4 Å². The van der Waals surface area contributed by atoms with Crippen LogP contribution in [0.1, 0.15) is 0 Å². The van der Waals surface area contributed by atoms with Crippen molar-refractivity contribution in [2.75, 3.05) is 38.7 Å². The maximum Gasteiger partial charge on any atom is 0.233 e. The number of aliphatic hydroxyl groups excluding tert-OH is 1. The van der Waals surface area contributed by atoms with Gasteiger partial charge in [-0.1, -0.05) is 11.6 Å². The lowest BCUT2D eigenvalue weighted by atomic mass is 10.1. The van der Waals surface area contributed by atoms with Gasteiger partial charge in [0.15, 0.2) is 0 Å². The smallest absolute Gasteiger partial charge is 0.233 e. The van der Waals surface area contributed by atoms with Crippen molar-refractivity contribution in [1.82, 2.24) is 4.90 Å². The molecule has 1 aliphatic rings. The van der Waals surface area contributed by atoms with Gasteiger partial charge >= 0.3 is 0 Å². The predicted molar refractivity (Wildman–Crippen MR) is 80.2 cm³/mol. The summed E-state index contributed by atoms with van der Waals surface area (Å²) < 4.78 is 5.38. The van der Waals surface area contributed by atoms with Crippen LogP contribution >= 0.6 is 23.4 Å². The third kappa shape index (κ3) is 4.66. The van der Waals surface area contributed by atoms with E-state index in [1.807, 2.05) is 24.3 Å². The topological polar surface area (TPSA) is 49.8 Å². The molecule has 1 aliphatic heterocycles. The maximum absolute atomic E-state index is 12.2. The van der Waals surface area contributed by atoms with Gasteiger partial charge in [-0.15, -0.1) is 11.8 Å². The molecule has 2 rings (SSSR count). The summed E-state index contributed by atoms with van der Waals surface area (Å²) in [5.41, 5.74) is 0. The second kappa shape index (κ2) is 7.88. The van der Waals surface area contributed by atoms with Crippen LogP contribution in [0.5, 0.6) is 0 Å².